The second kappa shape index (κ2) is 6.37. The van der Waals surface area contributed by atoms with Crippen LogP contribution in [-0.2, 0) is 9.59 Å². The largest absolute Gasteiger partial charge is 0.394 e. The number of hydrogen-bond acceptors (Lipinski definition) is 3. The van der Waals surface area contributed by atoms with Gasteiger partial charge in [0.05, 0.1) is 6.61 Å². The predicted molar refractivity (Wildman–Crippen MR) is 73.4 cm³/mol. The zero-order chi connectivity index (χ0) is 14.6. The standard InChI is InChI=1S/C14H26N2O3/c1-5-12(18)15-11(9-17)13(19)16-7-10(8-16)6-14(2,3)4/h10-11,17H,5-9H2,1-4H3,(H,15,18). The van der Waals surface area contributed by atoms with Gasteiger partial charge in [-0.05, 0) is 17.8 Å². The van der Waals surface area contributed by atoms with Crippen LogP contribution in [0, 0.1) is 11.3 Å². The highest BCUT2D eigenvalue weighted by molar-refractivity contribution is 5.88. The van der Waals surface area contributed by atoms with Crippen LogP contribution in [0.2, 0.25) is 0 Å². The Hall–Kier alpha value is -1.10. The number of likely N-dealkylation sites (tertiary alicyclic amines) is 1. The van der Waals surface area contributed by atoms with E-state index in [0.717, 1.165) is 19.5 Å². The molecule has 1 aliphatic rings. The maximum absolute atomic E-state index is 12.1. The third-order valence-electron chi connectivity index (χ3n) is 3.31. The second-order valence-corrected chi connectivity index (χ2v) is 6.53. The molecular weight excluding hydrogens is 244 g/mol. The van der Waals surface area contributed by atoms with E-state index in [-0.39, 0.29) is 23.8 Å². The molecule has 2 N–H and O–H groups in total. The number of nitrogens with one attached hydrogen (secondary N) is 1. The van der Waals surface area contributed by atoms with E-state index in [1.807, 2.05) is 0 Å². The second-order valence-electron chi connectivity index (χ2n) is 6.53. The van der Waals surface area contributed by atoms with Gasteiger partial charge in [0.15, 0.2) is 0 Å². The molecule has 5 heteroatoms. The smallest absolute Gasteiger partial charge is 0.247 e. The number of carbonyl (C=O) groups excluding carboxylic acids is 2. The average Bonchev–Trinajstić information content (AvgIpc) is 2.27. The summed E-state index contributed by atoms with van der Waals surface area (Å²) in [5.74, 6) is 0.152. The van der Waals surface area contributed by atoms with Gasteiger partial charge in [0, 0.05) is 19.5 Å². The molecule has 1 rings (SSSR count). The molecule has 5 nitrogen and oxygen atoms in total. The summed E-state index contributed by atoms with van der Waals surface area (Å²) in [6.07, 6.45) is 1.40. The SMILES string of the molecule is CCC(=O)NC(CO)C(=O)N1CC(CC(C)(C)C)C1. The maximum atomic E-state index is 12.1. The fourth-order valence-electron chi connectivity index (χ4n) is 2.45. The first-order chi connectivity index (χ1) is 8.76. The van der Waals surface area contributed by atoms with Crippen LogP contribution in [0.5, 0.6) is 0 Å². The molecule has 1 fully saturated rings. The Balaban J connectivity index is 2.41. The normalized spacial score (nSPS) is 17.8. The fraction of sp³-hybridized carbons (Fsp3) is 0.857. The summed E-state index contributed by atoms with van der Waals surface area (Å²) in [6.45, 7) is 9.41. The highest BCUT2D eigenvalue weighted by Crippen LogP contribution is 2.30. The summed E-state index contributed by atoms with van der Waals surface area (Å²) >= 11 is 0. The maximum Gasteiger partial charge on any atom is 0.247 e. The van der Waals surface area contributed by atoms with Crippen molar-refractivity contribution >= 4 is 11.8 Å². The average molecular weight is 270 g/mol. The summed E-state index contributed by atoms with van der Waals surface area (Å²) in [5, 5.41) is 11.7. The highest BCUT2D eigenvalue weighted by Gasteiger charge is 2.36. The predicted octanol–water partition coefficient (Wildman–Crippen LogP) is 0.768. The van der Waals surface area contributed by atoms with E-state index in [4.69, 9.17) is 0 Å². The minimum absolute atomic E-state index is 0.172. The monoisotopic (exact) mass is 270 g/mol. The van der Waals surface area contributed by atoms with Crippen LogP contribution < -0.4 is 5.32 Å². The minimum atomic E-state index is -0.789. The van der Waals surface area contributed by atoms with E-state index >= 15 is 0 Å². The molecule has 0 aromatic heterocycles. The lowest BCUT2D eigenvalue weighted by Gasteiger charge is -2.43. The fourth-order valence-corrected chi connectivity index (χ4v) is 2.45. The topological polar surface area (TPSA) is 69.6 Å². The van der Waals surface area contributed by atoms with Gasteiger partial charge in [0.1, 0.15) is 6.04 Å². The first-order valence-electron chi connectivity index (χ1n) is 6.96. The van der Waals surface area contributed by atoms with Gasteiger partial charge in [-0.3, -0.25) is 9.59 Å². The van der Waals surface area contributed by atoms with Gasteiger partial charge in [-0.25, -0.2) is 0 Å². The summed E-state index contributed by atoms with van der Waals surface area (Å²) < 4.78 is 0. The number of rotatable bonds is 5. The molecule has 0 radical (unpaired) electrons. The quantitative estimate of drug-likeness (QED) is 0.775. The molecule has 0 bridgehead atoms. The Kier molecular flexibility index (Phi) is 5.35. The van der Waals surface area contributed by atoms with Crippen molar-refractivity contribution in [1.82, 2.24) is 10.2 Å². The summed E-state index contributed by atoms with van der Waals surface area (Å²) in [7, 11) is 0. The van der Waals surface area contributed by atoms with Crippen LogP contribution in [0.25, 0.3) is 0 Å². The van der Waals surface area contributed by atoms with Crippen molar-refractivity contribution in [2.45, 2.75) is 46.6 Å². The molecule has 2 amide bonds. The molecule has 0 spiro atoms. The van der Waals surface area contributed by atoms with E-state index in [9.17, 15) is 14.7 Å². The molecule has 0 aliphatic carbocycles. The lowest BCUT2D eigenvalue weighted by molar-refractivity contribution is -0.143. The molecule has 1 aliphatic heterocycles. The molecule has 19 heavy (non-hydrogen) atoms. The number of aliphatic hydroxyl groups is 1. The van der Waals surface area contributed by atoms with E-state index in [1.54, 1.807) is 11.8 Å². The highest BCUT2D eigenvalue weighted by atomic mass is 16.3. The Morgan fingerprint density at radius 1 is 1.37 bits per heavy atom. The van der Waals surface area contributed by atoms with E-state index in [2.05, 4.69) is 26.1 Å². The lowest BCUT2D eigenvalue weighted by Crippen LogP contribution is -2.58. The minimum Gasteiger partial charge on any atom is -0.394 e. The molecule has 1 heterocycles. The van der Waals surface area contributed by atoms with E-state index < -0.39 is 6.04 Å². The number of carbonyl (C=O) groups is 2. The van der Waals surface area contributed by atoms with Crippen molar-refractivity contribution in [2.75, 3.05) is 19.7 Å². The van der Waals surface area contributed by atoms with Gasteiger partial charge >= 0.3 is 0 Å². The molecule has 0 aromatic carbocycles. The molecule has 0 aromatic rings. The number of hydrogen-bond donors (Lipinski definition) is 2. The number of amides is 2. The summed E-state index contributed by atoms with van der Waals surface area (Å²) in [5.41, 5.74) is 0.270. The Morgan fingerprint density at radius 2 is 1.95 bits per heavy atom. The molecule has 110 valence electrons. The molecule has 1 atom stereocenters. The van der Waals surface area contributed by atoms with Crippen molar-refractivity contribution in [1.29, 1.82) is 0 Å². The molecule has 1 saturated heterocycles. The molecule has 0 saturated carbocycles. The number of aliphatic hydroxyl groups excluding tert-OH is 1. The van der Waals surface area contributed by atoms with Crippen LogP contribution in [0.15, 0.2) is 0 Å². The van der Waals surface area contributed by atoms with Gasteiger partial charge in [0.2, 0.25) is 11.8 Å². The van der Waals surface area contributed by atoms with Crippen molar-refractivity contribution in [3.63, 3.8) is 0 Å². The molecule has 1 unspecified atom stereocenters. The van der Waals surface area contributed by atoms with Crippen LogP contribution in [0.3, 0.4) is 0 Å². The summed E-state index contributed by atoms with van der Waals surface area (Å²) in [6, 6.07) is -0.789. The van der Waals surface area contributed by atoms with Crippen molar-refractivity contribution in [3.8, 4) is 0 Å². The van der Waals surface area contributed by atoms with Gasteiger partial charge in [-0.1, -0.05) is 27.7 Å². The Morgan fingerprint density at radius 3 is 2.37 bits per heavy atom. The van der Waals surface area contributed by atoms with Crippen LogP contribution in [-0.4, -0.2) is 47.6 Å². The Labute approximate surface area is 115 Å². The molecular formula is C14H26N2O3. The van der Waals surface area contributed by atoms with Gasteiger partial charge in [-0.2, -0.15) is 0 Å². The van der Waals surface area contributed by atoms with Crippen LogP contribution in [0.4, 0.5) is 0 Å². The zero-order valence-electron chi connectivity index (χ0n) is 12.4. The van der Waals surface area contributed by atoms with Crippen molar-refractivity contribution in [2.24, 2.45) is 11.3 Å². The zero-order valence-corrected chi connectivity index (χ0v) is 12.4. The van der Waals surface area contributed by atoms with Gasteiger partial charge in [-0.15, -0.1) is 0 Å². The number of nitrogens with zero attached hydrogens (tertiary/aromatic N) is 1. The van der Waals surface area contributed by atoms with Crippen molar-refractivity contribution < 1.29 is 14.7 Å². The third-order valence-corrected chi connectivity index (χ3v) is 3.31. The van der Waals surface area contributed by atoms with Gasteiger partial charge in [0.25, 0.3) is 0 Å². The van der Waals surface area contributed by atoms with Gasteiger partial charge < -0.3 is 15.3 Å². The first-order valence-corrected chi connectivity index (χ1v) is 6.96. The van der Waals surface area contributed by atoms with Crippen LogP contribution >= 0.6 is 0 Å². The lowest BCUT2D eigenvalue weighted by atomic mass is 9.81. The van der Waals surface area contributed by atoms with E-state index in [0.29, 0.717) is 12.3 Å². The third kappa shape index (κ3) is 4.82. The van der Waals surface area contributed by atoms with Crippen LogP contribution in [0.1, 0.15) is 40.5 Å². The first kappa shape index (κ1) is 16.0. The van der Waals surface area contributed by atoms with E-state index in [1.165, 1.54) is 0 Å². The van der Waals surface area contributed by atoms with Crippen molar-refractivity contribution in [3.05, 3.63) is 0 Å². The summed E-state index contributed by atoms with van der Waals surface area (Å²) in [4.78, 5) is 25.1. The Bertz CT molecular complexity index is 330.